The first-order valence-electron chi connectivity index (χ1n) is 9.19. The zero-order chi connectivity index (χ0) is 21.2. The summed E-state index contributed by atoms with van der Waals surface area (Å²) in [6.07, 6.45) is 0. The average molecular weight is 423 g/mol. The molecule has 1 saturated heterocycles. The molecule has 1 aromatic carbocycles. The summed E-state index contributed by atoms with van der Waals surface area (Å²) in [5, 5.41) is 3.90. The minimum atomic E-state index is -3.73. The number of aryl methyl sites for hydroxylation is 2. The Morgan fingerprint density at radius 3 is 2.55 bits per heavy atom. The van der Waals surface area contributed by atoms with Gasteiger partial charge in [-0.3, -0.25) is 4.79 Å². The quantitative estimate of drug-likeness (QED) is 0.695. The van der Waals surface area contributed by atoms with Crippen molar-refractivity contribution in [3.63, 3.8) is 0 Å². The number of methoxy groups -OCH3 is 1. The molecule has 0 saturated carbocycles. The van der Waals surface area contributed by atoms with E-state index in [0.29, 0.717) is 30.4 Å². The number of amides is 1. The predicted octanol–water partition coefficient (Wildman–Crippen LogP) is 1.59. The van der Waals surface area contributed by atoms with Crippen molar-refractivity contribution in [3.8, 4) is 5.75 Å². The summed E-state index contributed by atoms with van der Waals surface area (Å²) in [6, 6.07) is 4.33. The zero-order valence-electron chi connectivity index (χ0n) is 17.0. The van der Waals surface area contributed by atoms with Gasteiger partial charge in [0.1, 0.15) is 11.5 Å². The molecule has 10 heteroatoms. The summed E-state index contributed by atoms with van der Waals surface area (Å²) in [7, 11) is -0.653. The fourth-order valence-electron chi connectivity index (χ4n) is 3.19. The van der Waals surface area contributed by atoms with Crippen molar-refractivity contribution < 1.29 is 27.2 Å². The van der Waals surface area contributed by atoms with Crippen molar-refractivity contribution in [1.29, 1.82) is 0 Å². The summed E-state index contributed by atoms with van der Waals surface area (Å²) in [5.41, 5.74) is 1.70. The van der Waals surface area contributed by atoms with Crippen LogP contribution in [0, 0.1) is 13.8 Å². The molecule has 3 rings (SSSR count). The smallest absolute Gasteiger partial charge is 0.257 e. The number of hydrogen-bond donors (Lipinski definition) is 0. The summed E-state index contributed by atoms with van der Waals surface area (Å²) in [6.45, 7) is 5.13. The highest BCUT2D eigenvalue weighted by molar-refractivity contribution is 7.89. The number of hydrogen-bond acceptors (Lipinski definition) is 7. The largest absolute Gasteiger partial charge is 0.496 e. The lowest BCUT2D eigenvalue weighted by Crippen LogP contribution is -2.40. The van der Waals surface area contributed by atoms with Crippen LogP contribution >= 0.6 is 0 Å². The molecule has 1 aliphatic heterocycles. The van der Waals surface area contributed by atoms with E-state index in [4.69, 9.17) is 14.0 Å². The van der Waals surface area contributed by atoms with Crippen LogP contribution in [-0.2, 0) is 21.3 Å². The van der Waals surface area contributed by atoms with Crippen LogP contribution in [0.25, 0.3) is 0 Å². The van der Waals surface area contributed by atoms with E-state index < -0.39 is 10.0 Å². The highest BCUT2D eigenvalue weighted by Gasteiger charge is 2.29. The van der Waals surface area contributed by atoms with Gasteiger partial charge in [-0.1, -0.05) is 5.16 Å². The molecule has 0 spiro atoms. The molecule has 0 unspecified atom stereocenters. The van der Waals surface area contributed by atoms with Gasteiger partial charge in [0, 0.05) is 25.7 Å². The zero-order valence-corrected chi connectivity index (χ0v) is 17.8. The first-order valence-corrected chi connectivity index (χ1v) is 10.6. The number of sulfonamides is 1. The second-order valence-corrected chi connectivity index (χ2v) is 8.78. The number of rotatable bonds is 6. The summed E-state index contributed by atoms with van der Waals surface area (Å²) >= 11 is 0. The monoisotopic (exact) mass is 423 g/mol. The molecule has 0 N–H and O–H groups in total. The molecule has 1 aromatic heterocycles. The first kappa shape index (κ1) is 21.3. The summed E-state index contributed by atoms with van der Waals surface area (Å²) in [4.78, 5) is 14.6. The van der Waals surface area contributed by atoms with Gasteiger partial charge in [0.2, 0.25) is 10.0 Å². The Morgan fingerprint density at radius 2 is 1.97 bits per heavy atom. The fraction of sp³-hybridized carbons (Fsp3) is 0.474. The molecule has 0 atom stereocenters. The van der Waals surface area contributed by atoms with Crippen LogP contribution in [0.2, 0.25) is 0 Å². The van der Waals surface area contributed by atoms with Crippen molar-refractivity contribution >= 4 is 15.9 Å². The van der Waals surface area contributed by atoms with Gasteiger partial charge in [-0.15, -0.1) is 0 Å². The third-order valence-corrected chi connectivity index (χ3v) is 6.83. The SMILES string of the molecule is COc1ccc(S(=O)(=O)N2CCOCC2)cc1C(=O)N(C)Cc1c(C)noc1C. The molecule has 29 heavy (non-hydrogen) atoms. The molecule has 0 aliphatic carbocycles. The van der Waals surface area contributed by atoms with Crippen LogP contribution in [0.5, 0.6) is 5.75 Å². The number of carbonyl (C=O) groups is 1. The Bertz CT molecular complexity index is 976. The Labute approximate surface area is 170 Å². The Kier molecular flexibility index (Phi) is 6.25. The van der Waals surface area contributed by atoms with Crippen molar-refractivity contribution in [2.45, 2.75) is 25.3 Å². The van der Waals surface area contributed by atoms with E-state index in [1.807, 2.05) is 0 Å². The lowest BCUT2D eigenvalue weighted by Gasteiger charge is -2.26. The normalized spacial score (nSPS) is 15.3. The van der Waals surface area contributed by atoms with E-state index in [1.165, 1.54) is 34.5 Å². The minimum absolute atomic E-state index is 0.0503. The topological polar surface area (TPSA) is 102 Å². The maximum Gasteiger partial charge on any atom is 0.257 e. The summed E-state index contributed by atoms with van der Waals surface area (Å²) in [5.74, 6) is 0.583. The third-order valence-electron chi connectivity index (χ3n) is 4.93. The maximum atomic E-state index is 13.1. The number of carbonyl (C=O) groups excluding carboxylic acids is 1. The number of ether oxygens (including phenoxy) is 2. The second kappa shape index (κ2) is 8.52. The molecule has 2 aromatic rings. The number of nitrogens with zero attached hydrogens (tertiary/aromatic N) is 3. The van der Waals surface area contributed by atoms with E-state index in [1.54, 1.807) is 20.9 Å². The minimum Gasteiger partial charge on any atom is -0.496 e. The number of aromatic nitrogens is 1. The number of benzene rings is 1. The van der Waals surface area contributed by atoms with Gasteiger partial charge in [-0.2, -0.15) is 4.31 Å². The third kappa shape index (κ3) is 4.29. The van der Waals surface area contributed by atoms with E-state index >= 15 is 0 Å². The van der Waals surface area contributed by atoms with Gasteiger partial charge in [0.05, 0.1) is 43.0 Å². The molecular formula is C19H25N3O6S. The van der Waals surface area contributed by atoms with Crippen molar-refractivity contribution in [2.24, 2.45) is 0 Å². The highest BCUT2D eigenvalue weighted by atomic mass is 32.2. The Balaban J connectivity index is 1.91. The summed E-state index contributed by atoms with van der Waals surface area (Å²) < 4.78 is 43.0. The van der Waals surface area contributed by atoms with Crippen molar-refractivity contribution in [1.82, 2.24) is 14.4 Å². The standard InChI is InChI=1S/C19H25N3O6S/c1-13-17(14(2)28-20-13)12-21(3)19(23)16-11-15(5-6-18(16)26-4)29(24,25)22-7-9-27-10-8-22/h5-6,11H,7-10,12H2,1-4H3. The molecule has 1 fully saturated rings. The van der Waals surface area contributed by atoms with Gasteiger partial charge in [0.15, 0.2) is 0 Å². The van der Waals surface area contributed by atoms with Crippen LogP contribution in [0.3, 0.4) is 0 Å². The molecule has 2 heterocycles. The van der Waals surface area contributed by atoms with Crippen LogP contribution < -0.4 is 4.74 Å². The molecule has 158 valence electrons. The fourth-order valence-corrected chi connectivity index (χ4v) is 4.63. The molecular weight excluding hydrogens is 398 g/mol. The van der Waals surface area contributed by atoms with Crippen molar-refractivity contribution in [3.05, 3.63) is 40.8 Å². The van der Waals surface area contributed by atoms with Crippen molar-refractivity contribution in [2.75, 3.05) is 40.5 Å². The first-order chi connectivity index (χ1) is 13.8. The van der Waals surface area contributed by atoms with Gasteiger partial charge < -0.3 is 18.9 Å². The molecule has 1 amide bonds. The second-order valence-electron chi connectivity index (χ2n) is 6.84. The Hall–Kier alpha value is -2.43. The lowest BCUT2D eigenvalue weighted by molar-refractivity contribution is 0.0730. The van der Waals surface area contributed by atoms with Crippen LogP contribution in [0.1, 0.15) is 27.4 Å². The number of morpholine rings is 1. The van der Waals surface area contributed by atoms with Crippen LogP contribution in [0.4, 0.5) is 0 Å². The van der Waals surface area contributed by atoms with E-state index in [2.05, 4.69) is 5.16 Å². The van der Waals surface area contributed by atoms with Crippen LogP contribution in [0.15, 0.2) is 27.6 Å². The van der Waals surface area contributed by atoms with E-state index in [0.717, 1.165) is 5.56 Å². The molecule has 9 nitrogen and oxygen atoms in total. The van der Waals surface area contributed by atoms with Gasteiger partial charge in [0.25, 0.3) is 5.91 Å². The van der Waals surface area contributed by atoms with Crippen LogP contribution in [-0.4, -0.2) is 69.1 Å². The predicted molar refractivity (Wildman–Crippen MR) is 104 cm³/mol. The lowest BCUT2D eigenvalue weighted by atomic mass is 10.1. The Morgan fingerprint density at radius 1 is 1.28 bits per heavy atom. The highest BCUT2D eigenvalue weighted by Crippen LogP contribution is 2.27. The average Bonchev–Trinajstić information content (AvgIpc) is 3.05. The molecule has 0 bridgehead atoms. The van der Waals surface area contributed by atoms with Gasteiger partial charge in [-0.05, 0) is 32.0 Å². The van der Waals surface area contributed by atoms with E-state index in [-0.39, 0.29) is 36.0 Å². The van der Waals surface area contributed by atoms with Gasteiger partial charge >= 0.3 is 0 Å². The van der Waals surface area contributed by atoms with E-state index in [9.17, 15) is 13.2 Å². The molecule has 0 radical (unpaired) electrons. The maximum absolute atomic E-state index is 13.1. The molecule has 1 aliphatic rings. The van der Waals surface area contributed by atoms with Gasteiger partial charge in [-0.25, -0.2) is 8.42 Å².